The van der Waals surface area contributed by atoms with E-state index in [-0.39, 0.29) is 18.6 Å². The Bertz CT molecular complexity index is 652. The zero-order chi connectivity index (χ0) is 17.4. The molecular formula is C19H24N2O3. The Kier molecular flexibility index (Phi) is 6.63. The van der Waals surface area contributed by atoms with Crippen molar-refractivity contribution in [2.75, 3.05) is 19.0 Å². The van der Waals surface area contributed by atoms with Crippen LogP contribution in [0.15, 0.2) is 48.5 Å². The van der Waals surface area contributed by atoms with Crippen LogP contribution in [0.3, 0.4) is 0 Å². The second-order valence-corrected chi connectivity index (χ2v) is 5.54. The zero-order valence-corrected chi connectivity index (χ0v) is 14.1. The molecule has 2 aromatic carbocycles. The first-order valence-corrected chi connectivity index (χ1v) is 8.04. The molecule has 5 heteroatoms. The van der Waals surface area contributed by atoms with Gasteiger partial charge in [-0.05, 0) is 48.4 Å². The number of carbonyl (C=O) groups excluding carboxylic acids is 1. The summed E-state index contributed by atoms with van der Waals surface area (Å²) in [6, 6.07) is 14.9. The Labute approximate surface area is 142 Å². The number of hydrogen-bond donors (Lipinski definition) is 3. The molecule has 1 unspecified atom stereocenters. The highest BCUT2D eigenvalue weighted by Crippen LogP contribution is 2.15. The number of nitrogens with one attached hydrogen (secondary N) is 2. The second kappa shape index (κ2) is 8.93. The van der Waals surface area contributed by atoms with E-state index >= 15 is 0 Å². The molecule has 0 fully saturated rings. The van der Waals surface area contributed by atoms with Gasteiger partial charge >= 0.3 is 0 Å². The predicted octanol–water partition coefficient (Wildman–Crippen LogP) is 2.81. The smallest absolute Gasteiger partial charge is 0.251 e. The van der Waals surface area contributed by atoms with Crippen LogP contribution in [-0.4, -0.2) is 30.8 Å². The van der Waals surface area contributed by atoms with E-state index in [1.807, 2.05) is 43.3 Å². The van der Waals surface area contributed by atoms with Gasteiger partial charge in [0.1, 0.15) is 5.75 Å². The summed E-state index contributed by atoms with van der Waals surface area (Å²) in [6.07, 6.45) is 0.697. The lowest BCUT2D eigenvalue weighted by molar-refractivity contribution is 0.0915. The summed E-state index contributed by atoms with van der Waals surface area (Å²) in [6.45, 7) is 2.54. The lowest BCUT2D eigenvalue weighted by Crippen LogP contribution is -2.36. The number of ether oxygens (including phenoxy) is 1. The Morgan fingerprint density at radius 3 is 2.58 bits per heavy atom. The third-order valence-electron chi connectivity index (χ3n) is 3.83. The van der Waals surface area contributed by atoms with Gasteiger partial charge in [-0.1, -0.05) is 19.1 Å². The van der Waals surface area contributed by atoms with Crippen molar-refractivity contribution in [1.82, 2.24) is 5.32 Å². The van der Waals surface area contributed by atoms with Crippen LogP contribution in [-0.2, 0) is 6.54 Å². The van der Waals surface area contributed by atoms with Crippen LogP contribution in [0.5, 0.6) is 5.75 Å². The normalized spacial score (nSPS) is 11.6. The van der Waals surface area contributed by atoms with Crippen molar-refractivity contribution in [1.29, 1.82) is 0 Å². The quantitative estimate of drug-likeness (QED) is 0.697. The molecule has 0 saturated carbocycles. The first kappa shape index (κ1) is 17.8. The van der Waals surface area contributed by atoms with Crippen molar-refractivity contribution in [3.05, 3.63) is 59.7 Å². The Morgan fingerprint density at radius 2 is 1.96 bits per heavy atom. The minimum atomic E-state index is -0.205. The topological polar surface area (TPSA) is 70.6 Å². The summed E-state index contributed by atoms with van der Waals surface area (Å²) in [5.41, 5.74) is 2.63. The number of hydrogen-bond acceptors (Lipinski definition) is 4. The lowest BCUT2D eigenvalue weighted by Gasteiger charge is -2.14. The largest absolute Gasteiger partial charge is 0.497 e. The standard InChI is InChI=1S/C19H24N2O3/c1-3-16(13-22)21-19(23)15-7-9-17(10-8-15)20-12-14-5-4-6-18(11-14)24-2/h4-11,16,20,22H,3,12-13H2,1-2H3,(H,21,23). The van der Waals surface area contributed by atoms with Gasteiger partial charge < -0.3 is 20.5 Å². The summed E-state index contributed by atoms with van der Waals surface area (Å²) in [4.78, 5) is 12.1. The third kappa shape index (κ3) is 4.99. The summed E-state index contributed by atoms with van der Waals surface area (Å²) < 4.78 is 5.21. The molecule has 0 aliphatic rings. The van der Waals surface area contributed by atoms with Gasteiger partial charge in [-0.25, -0.2) is 0 Å². The molecule has 0 aliphatic carbocycles. The SMILES string of the molecule is CCC(CO)NC(=O)c1ccc(NCc2cccc(OC)c2)cc1. The van der Waals surface area contributed by atoms with Crippen molar-refractivity contribution in [2.24, 2.45) is 0 Å². The van der Waals surface area contributed by atoms with E-state index in [9.17, 15) is 4.79 Å². The maximum absolute atomic E-state index is 12.1. The maximum Gasteiger partial charge on any atom is 0.251 e. The van der Waals surface area contributed by atoms with Gasteiger partial charge in [-0.3, -0.25) is 4.79 Å². The Morgan fingerprint density at radius 1 is 1.21 bits per heavy atom. The summed E-state index contributed by atoms with van der Waals surface area (Å²) in [5.74, 6) is 0.658. The predicted molar refractivity (Wildman–Crippen MR) is 95.4 cm³/mol. The molecule has 0 spiro atoms. The van der Waals surface area contributed by atoms with E-state index in [2.05, 4.69) is 10.6 Å². The molecule has 0 bridgehead atoms. The molecule has 1 amide bonds. The van der Waals surface area contributed by atoms with Gasteiger partial charge in [0.2, 0.25) is 0 Å². The van der Waals surface area contributed by atoms with Crippen molar-refractivity contribution < 1.29 is 14.6 Å². The number of amides is 1. The maximum atomic E-state index is 12.1. The monoisotopic (exact) mass is 328 g/mol. The van der Waals surface area contributed by atoms with Crippen LogP contribution in [0.4, 0.5) is 5.69 Å². The summed E-state index contributed by atoms with van der Waals surface area (Å²) >= 11 is 0. The van der Waals surface area contributed by atoms with Gasteiger partial charge in [0, 0.05) is 17.8 Å². The molecular weight excluding hydrogens is 304 g/mol. The van der Waals surface area contributed by atoms with Gasteiger partial charge in [0.05, 0.1) is 19.8 Å². The van der Waals surface area contributed by atoms with Crippen LogP contribution in [0, 0.1) is 0 Å². The van der Waals surface area contributed by atoms with Crippen LogP contribution in [0.2, 0.25) is 0 Å². The number of aliphatic hydroxyl groups excluding tert-OH is 1. The molecule has 5 nitrogen and oxygen atoms in total. The minimum absolute atomic E-state index is 0.0532. The minimum Gasteiger partial charge on any atom is -0.497 e. The molecule has 1 atom stereocenters. The molecule has 0 aromatic heterocycles. The first-order valence-electron chi connectivity index (χ1n) is 8.04. The molecule has 0 aliphatic heterocycles. The number of methoxy groups -OCH3 is 1. The fraction of sp³-hybridized carbons (Fsp3) is 0.316. The van der Waals surface area contributed by atoms with Crippen molar-refractivity contribution >= 4 is 11.6 Å². The fourth-order valence-corrected chi connectivity index (χ4v) is 2.27. The number of rotatable bonds is 8. The van der Waals surface area contributed by atoms with Crippen LogP contribution in [0.25, 0.3) is 0 Å². The molecule has 3 N–H and O–H groups in total. The van der Waals surface area contributed by atoms with Crippen LogP contribution >= 0.6 is 0 Å². The number of carbonyl (C=O) groups is 1. The van der Waals surface area contributed by atoms with E-state index in [0.29, 0.717) is 18.5 Å². The molecule has 0 radical (unpaired) electrons. The van der Waals surface area contributed by atoms with E-state index in [1.165, 1.54) is 0 Å². The lowest BCUT2D eigenvalue weighted by atomic mass is 10.1. The molecule has 2 aromatic rings. The van der Waals surface area contributed by atoms with Gasteiger partial charge in [-0.15, -0.1) is 0 Å². The molecule has 24 heavy (non-hydrogen) atoms. The highest BCUT2D eigenvalue weighted by atomic mass is 16.5. The van der Waals surface area contributed by atoms with Crippen molar-refractivity contribution in [3.63, 3.8) is 0 Å². The van der Waals surface area contributed by atoms with Crippen LogP contribution < -0.4 is 15.4 Å². The van der Waals surface area contributed by atoms with E-state index in [0.717, 1.165) is 17.0 Å². The number of benzene rings is 2. The Balaban J connectivity index is 1.93. The third-order valence-corrected chi connectivity index (χ3v) is 3.83. The van der Waals surface area contributed by atoms with E-state index in [1.54, 1.807) is 19.2 Å². The average molecular weight is 328 g/mol. The molecule has 0 heterocycles. The highest BCUT2D eigenvalue weighted by Gasteiger charge is 2.10. The number of aliphatic hydroxyl groups is 1. The van der Waals surface area contributed by atoms with Crippen molar-refractivity contribution in [2.45, 2.75) is 25.9 Å². The van der Waals surface area contributed by atoms with E-state index in [4.69, 9.17) is 9.84 Å². The summed E-state index contributed by atoms with van der Waals surface area (Å²) in [5, 5.41) is 15.3. The average Bonchev–Trinajstić information content (AvgIpc) is 2.64. The number of anilines is 1. The van der Waals surface area contributed by atoms with Gasteiger partial charge in [-0.2, -0.15) is 0 Å². The van der Waals surface area contributed by atoms with Gasteiger partial charge in [0.25, 0.3) is 5.91 Å². The van der Waals surface area contributed by atoms with Crippen LogP contribution in [0.1, 0.15) is 29.3 Å². The summed E-state index contributed by atoms with van der Waals surface area (Å²) in [7, 11) is 1.65. The Hall–Kier alpha value is -2.53. The highest BCUT2D eigenvalue weighted by molar-refractivity contribution is 5.94. The first-order chi connectivity index (χ1) is 11.7. The fourth-order valence-electron chi connectivity index (χ4n) is 2.27. The molecule has 0 saturated heterocycles. The molecule has 128 valence electrons. The van der Waals surface area contributed by atoms with Gasteiger partial charge in [0.15, 0.2) is 0 Å². The van der Waals surface area contributed by atoms with E-state index < -0.39 is 0 Å². The second-order valence-electron chi connectivity index (χ2n) is 5.54. The zero-order valence-electron chi connectivity index (χ0n) is 14.1. The van der Waals surface area contributed by atoms with Crippen molar-refractivity contribution in [3.8, 4) is 5.75 Å². The molecule has 2 rings (SSSR count).